The summed E-state index contributed by atoms with van der Waals surface area (Å²) in [4.78, 5) is 5.30. The normalized spacial score (nSPS) is 29.3. The van der Waals surface area contributed by atoms with E-state index in [2.05, 4.69) is 23.8 Å². The molecule has 0 bridgehead atoms. The zero-order valence-electron chi connectivity index (χ0n) is 12.5. The topological polar surface area (TPSA) is 6.48 Å². The van der Waals surface area contributed by atoms with Gasteiger partial charge in [0.1, 0.15) is 0 Å². The number of hydrogen-bond donors (Lipinski definition) is 0. The molecular formula is C16H32N2. The van der Waals surface area contributed by atoms with E-state index in [0.29, 0.717) is 0 Å². The average Bonchev–Trinajstić information content (AvgIpc) is 2.68. The molecule has 0 spiro atoms. The minimum atomic E-state index is 0.847. The number of unbranched alkanes of at least 4 members (excludes halogenated alkanes) is 1. The second-order valence-corrected chi connectivity index (χ2v) is 6.50. The van der Waals surface area contributed by atoms with Gasteiger partial charge in [-0.05, 0) is 38.8 Å². The molecule has 0 aromatic rings. The summed E-state index contributed by atoms with van der Waals surface area (Å²) in [7, 11) is 2.34. The van der Waals surface area contributed by atoms with Gasteiger partial charge in [-0.2, -0.15) is 0 Å². The molecule has 1 aliphatic carbocycles. The van der Waals surface area contributed by atoms with Crippen molar-refractivity contribution in [2.45, 2.75) is 70.8 Å². The van der Waals surface area contributed by atoms with Gasteiger partial charge in [-0.3, -0.25) is 9.80 Å². The van der Waals surface area contributed by atoms with Crippen LogP contribution in [0.3, 0.4) is 0 Å². The van der Waals surface area contributed by atoms with Crippen molar-refractivity contribution in [2.24, 2.45) is 5.92 Å². The first kappa shape index (κ1) is 14.3. The predicted molar refractivity (Wildman–Crippen MR) is 78.7 cm³/mol. The number of nitrogens with zero attached hydrogens (tertiary/aromatic N) is 2. The Bertz CT molecular complexity index is 221. The molecule has 1 heterocycles. The fourth-order valence-corrected chi connectivity index (χ4v) is 3.81. The van der Waals surface area contributed by atoms with Crippen molar-refractivity contribution in [2.75, 3.05) is 26.8 Å². The molecule has 2 nitrogen and oxygen atoms in total. The van der Waals surface area contributed by atoms with E-state index in [0.717, 1.165) is 12.0 Å². The van der Waals surface area contributed by atoms with E-state index in [9.17, 15) is 0 Å². The Morgan fingerprint density at radius 1 is 1.00 bits per heavy atom. The fourth-order valence-electron chi connectivity index (χ4n) is 3.81. The highest BCUT2D eigenvalue weighted by Crippen LogP contribution is 2.30. The summed E-state index contributed by atoms with van der Waals surface area (Å²) in [5.41, 5.74) is 0. The van der Waals surface area contributed by atoms with Crippen molar-refractivity contribution < 1.29 is 0 Å². The quantitative estimate of drug-likeness (QED) is 0.752. The van der Waals surface area contributed by atoms with E-state index in [1.165, 1.54) is 77.5 Å². The Morgan fingerprint density at radius 2 is 1.67 bits per heavy atom. The van der Waals surface area contributed by atoms with E-state index in [4.69, 9.17) is 0 Å². The van der Waals surface area contributed by atoms with Crippen LogP contribution in [0.5, 0.6) is 0 Å². The summed E-state index contributed by atoms with van der Waals surface area (Å²) in [6.07, 6.45) is 13.1. The Labute approximate surface area is 114 Å². The molecule has 106 valence electrons. The molecule has 0 amide bonds. The van der Waals surface area contributed by atoms with Crippen LogP contribution in [0.25, 0.3) is 0 Å². The molecule has 2 aliphatic rings. The van der Waals surface area contributed by atoms with Gasteiger partial charge < -0.3 is 0 Å². The van der Waals surface area contributed by atoms with Crippen LogP contribution in [0.1, 0.15) is 64.7 Å². The summed E-state index contributed by atoms with van der Waals surface area (Å²) in [5.74, 6) is 0.974. The molecule has 1 aliphatic heterocycles. The van der Waals surface area contributed by atoms with Crippen molar-refractivity contribution in [3.05, 3.63) is 0 Å². The zero-order valence-corrected chi connectivity index (χ0v) is 12.5. The first-order chi connectivity index (χ1) is 8.81. The lowest BCUT2D eigenvalue weighted by molar-refractivity contribution is 0.199. The van der Waals surface area contributed by atoms with Crippen molar-refractivity contribution in [1.82, 2.24) is 9.80 Å². The van der Waals surface area contributed by atoms with Crippen LogP contribution in [0.15, 0.2) is 0 Å². The van der Waals surface area contributed by atoms with Crippen molar-refractivity contribution in [3.8, 4) is 0 Å². The maximum absolute atomic E-state index is 2.67. The van der Waals surface area contributed by atoms with Gasteiger partial charge in [0.25, 0.3) is 0 Å². The molecule has 0 radical (unpaired) electrons. The van der Waals surface area contributed by atoms with E-state index >= 15 is 0 Å². The molecular weight excluding hydrogens is 220 g/mol. The predicted octanol–water partition coefficient (Wildman–Crippen LogP) is 3.72. The van der Waals surface area contributed by atoms with Crippen LogP contribution >= 0.6 is 0 Å². The Balaban J connectivity index is 1.83. The van der Waals surface area contributed by atoms with Gasteiger partial charge in [-0.1, -0.05) is 45.4 Å². The van der Waals surface area contributed by atoms with E-state index in [1.54, 1.807) is 0 Å². The molecule has 2 fully saturated rings. The molecule has 0 aromatic heterocycles. The number of likely N-dealkylation sites (N-methyl/N-ethyl adjacent to an activating group) is 1. The maximum Gasteiger partial charge on any atom is 0.0507 e. The Kier molecular flexibility index (Phi) is 5.97. The lowest BCUT2D eigenvalue weighted by Crippen LogP contribution is -2.34. The van der Waals surface area contributed by atoms with E-state index in [-0.39, 0.29) is 0 Å². The van der Waals surface area contributed by atoms with Crippen LogP contribution in [0.4, 0.5) is 0 Å². The summed E-state index contributed by atoms with van der Waals surface area (Å²) in [6, 6.07) is 0.847. The highest BCUT2D eigenvalue weighted by Gasteiger charge is 2.32. The number of hydrogen-bond acceptors (Lipinski definition) is 2. The third-order valence-corrected chi connectivity index (χ3v) is 4.96. The molecule has 1 unspecified atom stereocenters. The van der Waals surface area contributed by atoms with Gasteiger partial charge in [0.05, 0.1) is 6.67 Å². The van der Waals surface area contributed by atoms with E-state index in [1.807, 2.05) is 0 Å². The average molecular weight is 252 g/mol. The third-order valence-electron chi connectivity index (χ3n) is 4.96. The third kappa shape index (κ3) is 3.96. The number of rotatable bonds is 4. The lowest BCUT2D eigenvalue weighted by Gasteiger charge is -2.29. The molecule has 18 heavy (non-hydrogen) atoms. The van der Waals surface area contributed by atoms with Gasteiger partial charge in [0, 0.05) is 12.6 Å². The Morgan fingerprint density at radius 3 is 2.33 bits per heavy atom. The van der Waals surface area contributed by atoms with Gasteiger partial charge in [-0.25, -0.2) is 0 Å². The summed E-state index contributed by atoms with van der Waals surface area (Å²) in [5, 5.41) is 0. The second kappa shape index (κ2) is 7.49. The van der Waals surface area contributed by atoms with Crippen molar-refractivity contribution >= 4 is 0 Å². The van der Waals surface area contributed by atoms with Crippen LogP contribution in [-0.4, -0.2) is 42.6 Å². The molecule has 2 heteroatoms. The smallest absolute Gasteiger partial charge is 0.0507 e. The fraction of sp³-hybridized carbons (Fsp3) is 1.00. The lowest BCUT2D eigenvalue weighted by atomic mass is 9.85. The highest BCUT2D eigenvalue weighted by atomic mass is 15.4. The van der Waals surface area contributed by atoms with Gasteiger partial charge in [0.15, 0.2) is 0 Å². The van der Waals surface area contributed by atoms with Gasteiger partial charge in [-0.15, -0.1) is 0 Å². The SMILES string of the molecule is CCCCN1CC(C2CCCCCCC2)N(C)C1. The van der Waals surface area contributed by atoms with Gasteiger partial charge >= 0.3 is 0 Å². The molecule has 2 rings (SSSR count). The largest absolute Gasteiger partial charge is 0.289 e. The monoisotopic (exact) mass is 252 g/mol. The first-order valence-corrected chi connectivity index (χ1v) is 8.24. The molecule has 1 saturated carbocycles. The highest BCUT2D eigenvalue weighted by molar-refractivity contribution is 4.86. The standard InChI is InChI=1S/C16H32N2/c1-3-4-12-18-13-16(17(2)14-18)15-10-8-6-5-7-9-11-15/h15-16H,3-14H2,1-2H3. The van der Waals surface area contributed by atoms with E-state index < -0.39 is 0 Å². The van der Waals surface area contributed by atoms with Crippen LogP contribution in [-0.2, 0) is 0 Å². The van der Waals surface area contributed by atoms with Gasteiger partial charge in [0.2, 0.25) is 0 Å². The molecule has 0 aromatic carbocycles. The molecule has 1 atom stereocenters. The zero-order chi connectivity index (χ0) is 12.8. The second-order valence-electron chi connectivity index (χ2n) is 6.50. The van der Waals surface area contributed by atoms with Crippen LogP contribution in [0.2, 0.25) is 0 Å². The summed E-state index contributed by atoms with van der Waals surface area (Å²) >= 11 is 0. The maximum atomic E-state index is 2.67. The van der Waals surface area contributed by atoms with Crippen LogP contribution < -0.4 is 0 Å². The minimum Gasteiger partial charge on any atom is -0.289 e. The van der Waals surface area contributed by atoms with Crippen molar-refractivity contribution in [1.29, 1.82) is 0 Å². The summed E-state index contributed by atoms with van der Waals surface area (Å²) in [6.45, 7) is 6.15. The summed E-state index contributed by atoms with van der Waals surface area (Å²) < 4.78 is 0. The van der Waals surface area contributed by atoms with Crippen LogP contribution in [0, 0.1) is 5.92 Å². The molecule has 0 N–H and O–H groups in total. The minimum absolute atomic E-state index is 0.847. The molecule has 1 saturated heterocycles. The Hall–Kier alpha value is -0.0800. The van der Waals surface area contributed by atoms with Crippen molar-refractivity contribution in [3.63, 3.8) is 0 Å². The first-order valence-electron chi connectivity index (χ1n) is 8.24.